The highest BCUT2D eigenvalue weighted by Gasteiger charge is 2.38. The Morgan fingerprint density at radius 2 is 1.43 bits per heavy atom. The zero-order valence-electron chi connectivity index (χ0n) is 23.0. The summed E-state index contributed by atoms with van der Waals surface area (Å²) in [6, 6.07) is 23.5. The molecule has 232 valence electrons. The second-order valence-electron chi connectivity index (χ2n) is 9.15. The number of amides is 3. The van der Waals surface area contributed by atoms with Crippen LogP contribution in [0.15, 0.2) is 78.9 Å². The minimum atomic E-state index is -5.08. The summed E-state index contributed by atoms with van der Waals surface area (Å²) in [6.07, 6.45) is -5.37. The van der Waals surface area contributed by atoms with Gasteiger partial charge in [-0.3, -0.25) is 9.59 Å². The lowest BCUT2D eigenvalue weighted by molar-refractivity contribution is -0.192. The summed E-state index contributed by atoms with van der Waals surface area (Å²) in [5, 5.41) is 27.4. The van der Waals surface area contributed by atoms with Crippen LogP contribution >= 0.6 is 0 Å². The summed E-state index contributed by atoms with van der Waals surface area (Å²) in [6.45, 7) is 0.444. The van der Waals surface area contributed by atoms with Crippen molar-refractivity contribution in [3.8, 4) is 11.1 Å². The van der Waals surface area contributed by atoms with Crippen molar-refractivity contribution in [3.63, 3.8) is 0 Å². The Morgan fingerprint density at radius 3 is 2.05 bits per heavy atom. The molecule has 0 spiro atoms. The molecule has 0 radical (unpaired) electrons. The number of imidazole rings is 1. The lowest BCUT2D eigenvalue weighted by Crippen LogP contribution is -2.44. The van der Waals surface area contributed by atoms with E-state index in [1.54, 1.807) is 12.1 Å². The van der Waals surface area contributed by atoms with Gasteiger partial charge in [-0.1, -0.05) is 66.7 Å². The lowest BCUT2D eigenvalue weighted by Gasteiger charge is -2.18. The van der Waals surface area contributed by atoms with Crippen molar-refractivity contribution in [1.82, 2.24) is 25.9 Å². The van der Waals surface area contributed by atoms with E-state index in [0.717, 1.165) is 22.2 Å². The molecule has 12 nitrogen and oxygen atoms in total. The number of nitrogens with one attached hydrogen (secondary N) is 5. The van der Waals surface area contributed by atoms with E-state index in [1.807, 2.05) is 66.7 Å². The maximum Gasteiger partial charge on any atom is 0.490 e. The van der Waals surface area contributed by atoms with Crippen LogP contribution in [0.5, 0.6) is 0 Å². The van der Waals surface area contributed by atoms with E-state index in [2.05, 4.69) is 31.2 Å². The third-order valence-corrected chi connectivity index (χ3v) is 5.88. The average molecular weight is 615 g/mol. The van der Waals surface area contributed by atoms with E-state index in [9.17, 15) is 32.7 Å². The summed E-state index contributed by atoms with van der Waals surface area (Å²) in [4.78, 5) is 52.3. The molecule has 15 heteroatoms. The van der Waals surface area contributed by atoms with Gasteiger partial charge >= 0.3 is 24.1 Å². The molecule has 3 aromatic carbocycles. The Kier molecular flexibility index (Phi) is 11.7. The quantitative estimate of drug-likeness (QED) is 0.124. The average Bonchev–Trinajstić information content (AvgIpc) is 3.41. The Balaban J connectivity index is 0.000000676. The molecule has 0 bridgehead atoms. The van der Waals surface area contributed by atoms with Gasteiger partial charge in [0.05, 0.1) is 30.0 Å². The van der Waals surface area contributed by atoms with Crippen LogP contribution in [0.1, 0.15) is 18.0 Å². The number of H-pyrrole nitrogens is 1. The van der Waals surface area contributed by atoms with Crippen molar-refractivity contribution in [3.05, 3.63) is 84.4 Å². The number of aromatic nitrogens is 2. The lowest BCUT2D eigenvalue weighted by atomic mass is 9.99. The molecule has 0 fully saturated rings. The number of rotatable bonds is 11. The van der Waals surface area contributed by atoms with Crippen molar-refractivity contribution in [1.29, 1.82) is 0 Å². The smallest absolute Gasteiger partial charge is 0.481 e. The Hall–Kier alpha value is -5.60. The zero-order chi connectivity index (χ0) is 32.1. The topological polar surface area (TPSA) is 186 Å². The zero-order valence-corrected chi connectivity index (χ0v) is 23.0. The van der Waals surface area contributed by atoms with Gasteiger partial charge in [0.25, 0.3) is 0 Å². The molecule has 0 aliphatic heterocycles. The molecule has 1 unspecified atom stereocenters. The highest BCUT2D eigenvalue weighted by atomic mass is 19.4. The van der Waals surface area contributed by atoms with Gasteiger partial charge in [0.1, 0.15) is 0 Å². The molecular weight excluding hydrogens is 585 g/mol. The first kappa shape index (κ1) is 32.9. The van der Waals surface area contributed by atoms with Gasteiger partial charge in [-0.2, -0.15) is 13.2 Å². The summed E-state index contributed by atoms with van der Waals surface area (Å²) < 4.78 is 31.7. The van der Waals surface area contributed by atoms with Crippen LogP contribution in [0.3, 0.4) is 0 Å². The normalized spacial score (nSPS) is 11.4. The molecule has 7 N–H and O–H groups in total. The number of carbonyl (C=O) groups excluding carboxylic acids is 2. The fourth-order valence-electron chi connectivity index (χ4n) is 3.83. The number of carbonyl (C=O) groups is 4. The van der Waals surface area contributed by atoms with Crippen LogP contribution in [0.4, 0.5) is 23.9 Å². The number of para-hydroxylation sites is 2. The SMILES string of the molecule is O=C(O)C(F)(F)F.O=C(O)CC(NC(=O)CNC(=O)NCCNc1nc2ccccc2[nH]1)c1ccc(-c2ccccc2)cc1. The van der Waals surface area contributed by atoms with Crippen LogP contribution in [-0.2, 0) is 14.4 Å². The van der Waals surface area contributed by atoms with Crippen LogP contribution in [0.25, 0.3) is 22.2 Å². The molecule has 4 rings (SSSR count). The van der Waals surface area contributed by atoms with E-state index in [4.69, 9.17) is 9.90 Å². The van der Waals surface area contributed by atoms with Crippen LogP contribution in [0, 0.1) is 0 Å². The predicted molar refractivity (Wildman–Crippen MR) is 155 cm³/mol. The molecule has 0 saturated heterocycles. The maximum atomic E-state index is 12.4. The maximum absolute atomic E-state index is 12.4. The first-order valence-electron chi connectivity index (χ1n) is 13.1. The largest absolute Gasteiger partial charge is 0.490 e. The molecule has 1 aromatic heterocycles. The van der Waals surface area contributed by atoms with Crippen molar-refractivity contribution in [2.75, 3.05) is 25.0 Å². The third kappa shape index (κ3) is 10.7. The highest BCUT2D eigenvalue weighted by molar-refractivity contribution is 5.84. The van der Waals surface area contributed by atoms with Gasteiger partial charge in [-0.25, -0.2) is 14.6 Å². The summed E-state index contributed by atoms with van der Waals surface area (Å²) in [7, 11) is 0. The van der Waals surface area contributed by atoms with E-state index in [1.165, 1.54) is 0 Å². The van der Waals surface area contributed by atoms with Crippen molar-refractivity contribution in [2.45, 2.75) is 18.6 Å². The molecule has 0 aliphatic carbocycles. The molecule has 4 aromatic rings. The van der Waals surface area contributed by atoms with E-state index < -0.39 is 36.1 Å². The van der Waals surface area contributed by atoms with Crippen LogP contribution in [-0.4, -0.2) is 69.9 Å². The number of halogens is 3. The van der Waals surface area contributed by atoms with Crippen LogP contribution < -0.4 is 21.3 Å². The number of hydrogen-bond donors (Lipinski definition) is 7. The van der Waals surface area contributed by atoms with Gasteiger partial charge in [0.2, 0.25) is 11.9 Å². The number of alkyl halides is 3. The van der Waals surface area contributed by atoms with Crippen molar-refractivity contribution < 1.29 is 42.6 Å². The standard InChI is InChI=1S/C27H28N6O4.C2HF3O2/c34-24(17-30-27(37)29-15-14-28-26-32-21-8-4-5-9-22(21)33-26)31-23(16-25(35)36)20-12-10-19(11-13-20)18-6-2-1-3-7-18;3-2(4,5)1(6)7/h1-13,23H,14-17H2,(H,31,34)(H,35,36)(H2,28,32,33)(H2,29,30,37);(H,6,7). The second-order valence-corrected chi connectivity index (χ2v) is 9.15. The van der Waals surface area contributed by atoms with E-state index >= 15 is 0 Å². The number of fused-ring (bicyclic) bond motifs is 1. The monoisotopic (exact) mass is 614 g/mol. The van der Waals surface area contributed by atoms with Gasteiger partial charge in [-0.05, 0) is 28.8 Å². The van der Waals surface area contributed by atoms with Crippen LogP contribution in [0.2, 0.25) is 0 Å². The Bertz CT molecular complexity index is 1530. The van der Waals surface area contributed by atoms with Gasteiger partial charge in [-0.15, -0.1) is 0 Å². The van der Waals surface area contributed by atoms with Crippen molar-refractivity contribution in [2.24, 2.45) is 0 Å². The molecule has 44 heavy (non-hydrogen) atoms. The molecular formula is C29H29F3N6O6. The number of carboxylic acids is 2. The first-order chi connectivity index (χ1) is 20.9. The first-order valence-corrected chi connectivity index (χ1v) is 13.1. The number of benzene rings is 3. The number of aromatic amines is 1. The number of aliphatic carboxylic acids is 2. The second kappa shape index (κ2) is 15.6. The minimum Gasteiger partial charge on any atom is -0.481 e. The summed E-state index contributed by atoms with van der Waals surface area (Å²) >= 11 is 0. The Labute approximate surface area is 248 Å². The van der Waals surface area contributed by atoms with Gasteiger partial charge < -0.3 is 36.5 Å². The number of hydrogen-bond acceptors (Lipinski definition) is 6. The van der Waals surface area contributed by atoms with E-state index in [0.29, 0.717) is 24.6 Å². The van der Waals surface area contributed by atoms with Crippen molar-refractivity contribution >= 4 is 40.9 Å². The predicted octanol–water partition coefficient (Wildman–Crippen LogP) is 3.91. The van der Waals surface area contributed by atoms with E-state index in [-0.39, 0.29) is 13.0 Å². The number of urea groups is 1. The molecule has 1 atom stereocenters. The fraction of sp³-hybridized carbons (Fsp3) is 0.207. The molecule has 3 amide bonds. The number of nitrogens with zero attached hydrogens (tertiary/aromatic N) is 1. The van der Waals surface area contributed by atoms with Gasteiger partial charge in [0.15, 0.2) is 0 Å². The number of anilines is 1. The Morgan fingerprint density at radius 1 is 0.818 bits per heavy atom. The molecule has 0 saturated carbocycles. The summed E-state index contributed by atoms with van der Waals surface area (Å²) in [5.74, 6) is -3.69. The third-order valence-electron chi connectivity index (χ3n) is 5.88. The highest BCUT2D eigenvalue weighted by Crippen LogP contribution is 2.23. The summed E-state index contributed by atoms with van der Waals surface area (Å²) in [5.41, 5.74) is 4.44. The number of carboxylic acid groups (broad SMARTS) is 2. The molecule has 1 heterocycles. The molecule has 0 aliphatic rings. The fourth-order valence-corrected chi connectivity index (χ4v) is 3.83. The van der Waals surface area contributed by atoms with Gasteiger partial charge in [0, 0.05) is 13.1 Å². The minimum absolute atomic E-state index is 0.282.